The lowest BCUT2D eigenvalue weighted by molar-refractivity contribution is -0.132. The van der Waals surface area contributed by atoms with Crippen LogP contribution in [0, 0.1) is 5.82 Å². The molecule has 6 rings (SSSR count). The summed E-state index contributed by atoms with van der Waals surface area (Å²) < 4.78 is 24.4. The number of methoxy groups -OCH3 is 1. The second-order valence-electron chi connectivity index (χ2n) is 10.0. The van der Waals surface area contributed by atoms with Gasteiger partial charge in [-0.05, 0) is 66.1 Å². The molecule has 2 atom stereocenters. The van der Waals surface area contributed by atoms with E-state index in [9.17, 15) is 23.9 Å². The molecule has 43 heavy (non-hydrogen) atoms. The second-order valence-corrected chi connectivity index (χ2v) is 12.2. The van der Waals surface area contributed by atoms with Gasteiger partial charge in [-0.3, -0.25) is 14.5 Å². The van der Waals surface area contributed by atoms with Gasteiger partial charge in [0.15, 0.2) is 4.34 Å². The average molecular weight is 618 g/mol. The van der Waals surface area contributed by atoms with Crippen LogP contribution in [0.4, 0.5) is 9.52 Å². The lowest BCUT2D eigenvalue weighted by Gasteiger charge is -2.22. The van der Waals surface area contributed by atoms with Gasteiger partial charge >= 0.3 is 11.9 Å². The molecule has 1 aromatic heterocycles. The molecule has 1 saturated heterocycles. The predicted octanol–water partition coefficient (Wildman–Crippen LogP) is 5.71. The maximum absolute atomic E-state index is 13.6. The number of halogens is 1. The third-order valence-electron chi connectivity index (χ3n) is 7.14. The molecule has 2 aliphatic heterocycles. The third-order valence-corrected chi connectivity index (χ3v) is 9.27. The number of ether oxygens (including phenoxy) is 2. The summed E-state index contributed by atoms with van der Waals surface area (Å²) >= 11 is 2.48. The van der Waals surface area contributed by atoms with Crippen molar-refractivity contribution >= 4 is 51.6 Å². The van der Waals surface area contributed by atoms with E-state index in [4.69, 9.17) is 9.47 Å². The van der Waals surface area contributed by atoms with Crippen LogP contribution >= 0.6 is 23.1 Å². The molecule has 0 saturated carbocycles. The van der Waals surface area contributed by atoms with Gasteiger partial charge in [0.1, 0.15) is 23.4 Å². The first kappa shape index (κ1) is 28.6. The van der Waals surface area contributed by atoms with Gasteiger partial charge in [0.2, 0.25) is 5.13 Å². The zero-order valence-electron chi connectivity index (χ0n) is 22.9. The smallest absolute Gasteiger partial charge is 0.337 e. The van der Waals surface area contributed by atoms with Crippen molar-refractivity contribution in [3.63, 3.8) is 0 Å². The van der Waals surface area contributed by atoms with Gasteiger partial charge in [-0.2, -0.15) is 0 Å². The van der Waals surface area contributed by atoms with Crippen LogP contribution in [0.5, 0.6) is 5.75 Å². The Bertz CT molecular complexity index is 1770. The number of aromatic nitrogens is 2. The summed E-state index contributed by atoms with van der Waals surface area (Å²) in [6, 6.07) is 16.5. The van der Waals surface area contributed by atoms with Gasteiger partial charge in [0.25, 0.3) is 5.78 Å². The average Bonchev–Trinajstić information content (AvgIpc) is 3.71. The van der Waals surface area contributed by atoms with E-state index in [0.29, 0.717) is 33.4 Å². The fourth-order valence-corrected chi connectivity index (χ4v) is 6.90. The first-order valence-electron chi connectivity index (χ1n) is 13.2. The molecule has 4 aromatic rings. The van der Waals surface area contributed by atoms with Crippen LogP contribution < -0.4 is 9.64 Å². The number of ketones is 1. The van der Waals surface area contributed by atoms with Crippen molar-refractivity contribution in [2.75, 3.05) is 12.0 Å². The Morgan fingerprint density at radius 1 is 1.09 bits per heavy atom. The minimum atomic E-state index is -1.04. The SMILES string of the molecule is COC(=O)c1ccc([C@@H]2/C(=C(\O)c3ccc4c(c3)C[C@H](C)O4)C(=O)C(=O)N2c2nnc(SCc3ccc(F)cc3)s2)cc1. The van der Waals surface area contributed by atoms with Crippen LogP contribution in [-0.4, -0.2) is 46.2 Å². The number of hydrogen-bond donors (Lipinski definition) is 1. The Hall–Kier alpha value is -4.55. The lowest BCUT2D eigenvalue weighted by atomic mass is 9.94. The Morgan fingerprint density at radius 3 is 2.53 bits per heavy atom. The predicted molar refractivity (Wildman–Crippen MR) is 159 cm³/mol. The number of aliphatic hydroxyl groups excluding tert-OH is 1. The van der Waals surface area contributed by atoms with E-state index in [2.05, 4.69) is 10.2 Å². The highest BCUT2D eigenvalue weighted by molar-refractivity contribution is 8.00. The molecule has 1 fully saturated rings. The molecule has 1 N–H and O–H groups in total. The van der Waals surface area contributed by atoms with Gasteiger partial charge in [-0.1, -0.05) is 47.4 Å². The molecule has 218 valence electrons. The van der Waals surface area contributed by atoms with Crippen molar-refractivity contribution in [3.05, 3.63) is 106 Å². The highest BCUT2D eigenvalue weighted by Crippen LogP contribution is 2.44. The summed E-state index contributed by atoms with van der Waals surface area (Å²) in [7, 11) is 1.27. The summed E-state index contributed by atoms with van der Waals surface area (Å²) in [6.07, 6.45) is 0.630. The number of benzene rings is 3. The Balaban J connectivity index is 1.39. The third kappa shape index (κ3) is 5.51. The van der Waals surface area contributed by atoms with Crippen molar-refractivity contribution in [3.8, 4) is 5.75 Å². The largest absolute Gasteiger partial charge is 0.507 e. The van der Waals surface area contributed by atoms with Crippen LogP contribution in [-0.2, 0) is 26.5 Å². The van der Waals surface area contributed by atoms with E-state index < -0.39 is 23.7 Å². The molecule has 0 aliphatic carbocycles. The molecule has 0 radical (unpaired) electrons. The molecular formula is C31H24FN3O6S2. The van der Waals surface area contributed by atoms with Crippen LogP contribution in [0.1, 0.15) is 45.6 Å². The maximum atomic E-state index is 13.6. The van der Waals surface area contributed by atoms with E-state index in [-0.39, 0.29) is 33.9 Å². The number of amides is 1. The highest BCUT2D eigenvalue weighted by Gasteiger charge is 2.48. The molecule has 12 heteroatoms. The number of rotatable bonds is 7. The molecule has 9 nitrogen and oxygen atoms in total. The van der Waals surface area contributed by atoms with E-state index in [1.807, 2.05) is 6.92 Å². The zero-order chi connectivity index (χ0) is 30.2. The highest BCUT2D eigenvalue weighted by atomic mass is 32.2. The number of Topliss-reactive ketones (excluding diaryl/α,β-unsaturated/α-hetero) is 1. The van der Waals surface area contributed by atoms with Crippen molar-refractivity contribution < 1.29 is 33.4 Å². The van der Waals surface area contributed by atoms with E-state index in [1.165, 1.54) is 48.0 Å². The Labute approximate surface area is 254 Å². The fourth-order valence-electron chi connectivity index (χ4n) is 5.07. The summed E-state index contributed by atoms with van der Waals surface area (Å²) in [5.41, 5.74) is 2.78. The van der Waals surface area contributed by atoms with Crippen molar-refractivity contribution in [1.82, 2.24) is 10.2 Å². The number of hydrogen-bond acceptors (Lipinski definition) is 10. The van der Waals surface area contributed by atoms with Gasteiger partial charge in [-0.15, -0.1) is 10.2 Å². The van der Waals surface area contributed by atoms with Crippen LogP contribution in [0.15, 0.2) is 76.6 Å². The molecule has 1 amide bonds. The second kappa shape index (κ2) is 11.6. The molecular weight excluding hydrogens is 593 g/mol. The lowest BCUT2D eigenvalue weighted by Crippen LogP contribution is -2.29. The summed E-state index contributed by atoms with van der Waals surface area (Å²) in [6.45, 7) is 1.94. The molecule has 0 unspecified atom stereocenters. The number of anilines is 1. The molecule has 0 spiro atoms. The molecule has 0 bridgehead atoms. The molecule has 3 aromatic carbocycles. The summed E-state index contributed by atoms with van der Waals surface area (Å²) in [5.74, 6) is -1.74. The number of carbonyl (C=O) groups excluding carboxylic acids is 3. The van der Waals surface area contributed by atoms with Gasteiger partial charge < -0.3 is 14.6 Å². The van der Waals surface area contributed by atoms with Crippen LogP contribution in [0.25, 0.3) is 5.76 Å². The first-order chi connectivity index (χ1) is 20.7. The van der Waals surface area contributed by atoms with Gasteiger partial charge in [-0.25, -0.2) is 9.18 Å². The van der Waals surface area contributed by atoms with Crippen LogP contribution in [0.2, 0.25) is 0 Å². The minimum Gasteiger partial charge on any atom is -0.507 e. The zero-order valence-corrected chi connectivity index (χ0v) is 24.6. The molecule has 2 aliphatic rings. The van der Waals surface area contributed by atoms with E-state index >= 15 is 0 Å². The Morgan fingerprint density at radius 2 is 1.81 bits per heavy atom. The monoisotopic (exact) mass is 617 g/mol. The van der Waals surface area contributed by atoms with Crippen molar-refractivity contribution in [2.45, 2.75) is 35.6 Å². The Kier molecular flexibility index (Phi) is 7.72. The van der Waals surface area contributed by atoms with Crippen molar-refractivity contribution in [2.24, 2.45) is 0 Å². The number of fused-ring (bicyclic) bond motifs is 1. The summed E-state index contributed by atoms with van der Waals surface area (Å²) in [5, 5.41) is 20.1. The number of aliphatic hydroxyl groups is 1. The maximum Gasteiger partial charge on any atom is 0.337 e. The molecule has 3 heterocycles. The quantitative estimate of drug-likeness (QED) is 0.0695. The standard InChI is InChI=1S/C31H24FN3O6S2/c1-16-13-21-14-20(9-12-23(21)41-16)26(36)24-25(18-5-7-19(8-6-18)29(39)40-2)35(28(38)27(24)37)30-33-34-31(43-30)42-15-17-3-10-22(32)11-4-17/h3-12,14,16,25,36H,13,15H2,1-2H3/b26-24+/t16-,25+/m0/s1. The van der Waals surface area contributed by atoms with Crippen LogP contribution in [0.3, 0.4) is 0 Å². The minimum absolute atomic E-state index is 0.0150. The topological polar surface area (TPSA) is 119 Å². The van der Waals surface area contributed by atoms with E-state index in [0.717, 1.165) is 22.5 Å². The number of esters is 1. The number of nitrogens with zero attached hydrogens (tertiary/aromatic N) is 3. The van der Waals surface area contributed by atoms with Crippen molar-refractivity contribution in [1.29, 1.82) is 0 Å². The first-order valence-corrected chi connectivity index (χ1v) is 15.0. The van der Waals surface area contributed by atoms with Gasteiger partial charge in [0.05, 0.1) is 24.3 Å². The van der Waals surface area contributed by atoms with Gasteiger partial charge in [0, 0.05) is 17.7 Å². The summed E-state index contributed by atoms with van der Waals surface area (Å²) in [4.78, 5) is 40.4. The fraction of sp³-hybridized carbons (Fsp3) is 0.194. The number of thioether (sulfide) groups is 1. The normalized spacial score (nSPS) is 18.9. The number of carbonyl (C=O) groups is 3. The van der Waals surface area contributed by atoms with E-state index in [1.54, 1.807) is 42.5 Å².